The molecule has 0 saturated carbocycles. The van der Waals surface area contributed by atoms with Gasteiger partial charge in [-0.1, -0.05) is 19.1 Å². The first kappa shape index (κ1) is 13.8. The number of hydrogen-bond donors (Lipinski definition) is 1. The normalized spacial score (nSPS) is 12.6. The second-order valence-corrected chi connectivity index (χ2v) is 4.85. The molecular weight excluding hydrogens is 239 g/mol. The predicted octanol–water partition coefficient (Wildman–Crippen LogP) is 3.89. The minimum Gasteiger partial charge on any atom is -0.350 e. The zero-order valence-corrected chi connectivity index (χ0v) is 11.6. The summed E-state index contributed by atoms with van der Waals surface area (Å²) in [5, 5.41) is 3.44. The van der Waals surface area contributed by atoms with E-state index in [9.17, 15) is 4.39 Å². The summed E-state index contributed by atoms with van der Waals surface area (Å²) in [6, 6.07) is 11.1. The van der Waals surface area contributed by atoms with Gasteiger partial charge in [0.2, 0.25) is 0 Å². The number of aryl methyl sites for hydroxylation is 1. The van der Waals surface area contributed by atoms with Gasteiger partial charge in [-0.3, -0.25) is 0 Å². The topological polar surface area (TPSA) is 17.0 Å². The van der Waals surface area contributed by atoms with Crippen molar-refractivity contribution in [2.24, 2.45) is 0 Å². The summed E-state index contributed by atoms with van der Waals surface area (Å²) in [5.41, 5.74) is 2.25. The molecule has 0 aliphatic rings. The van der Waals surface area contributed by atoms with Crippen LogP contribution in [0.2, 0.25) is 0 Å². The number of halogens is 1. The Morgan fingerprint density at radius 3 is 2.84 bits per heavy atom. The van der Waals surface area contributed by atoms with Crippen molar-refractivity contribution in [3.63, 3.8) is 0 Å². The molecule has 0 saturated heterocycles. The van der Waals surface area contributed by atoms with Crippen LogP contribution in [0, 0.1) is 5.82 Å². The lowest BCUT2D eigenvalue weighted by Gasteiger charge is -2.15. The maximum Gasteiger partial charge on any atom is 0.123 e. The quantitative estimate of drug-likeness (QED) is 0.834. The number of nitrogens with one attached hydrogen (secondary N) is 1. The Labute approximate surface area is 114 Å². The van der Waals surface area contributed by atoms with E-state index in [0.29, 0.717) is 0 Å². The highest BCUT2D eigenvalue weighted by atomic mass is 19.1. The summed E-state index contributed by atoms with van der Waals surface area (Å²) in [6.07, 6.45) is 3.23. The van der Waals surface area contributed by atoms with Crippen LogP contribution in [0.4, 0.5) is 4.39 Å². The third-order valence-electron chi connectivity index (χ3n) is 3.33. The molecule has 2 aromatic rings. The molecule has 0 unspecified atom stereocenters. The van der Waals surface area contributed by atoms with E-state index in [2.05, 4.69) is 42.1 Å². The number of nitrogens with zero attached hydrogens (tertiary/aromatic N) is 1. The molecule has 0 aliphatic carbocycles. The fourth-order valence-corrected chi connectivity index (χ4v) is 2.22. The Morgan fingerprint density at radius 2 is 2.11 bits per heavy atom. The zero-order valence-electron chi connectivity index (χ0n) is 11.6. The fourth-order valence-electron chi connectivity index (χ4n) is 2.22. The maximum atomic E-state index is 13.2. The highest BCUT2D eigenvalue weighted by Crippen LogP contribution is 2.14. The molecule has 1 atom stereocenters. The Morgan fingerprint density at radius 1 is 1.26 bits per heavy atom. The van der Waals surface area contributed by atoms with Gasteiger partial charge < -0.3 is 9.88 Å². The van der Waals surface area contributed by atoms with Gasteiger partial charge in [0.1, 0.15) is 5.82 Å². The van der Waals surface area contributed by atoms with Crippen LogP contribution in [-0.2, 0) is 13.1 Å². The Bertz CT molecular complexity index is 519. The number of benzene rings is 1. The molecule has 0 bridgehead atoms. The van der Waals surface area contributed by atoms with Crippen LogP contribution < -0.4 is 5.32 Å². The monoisotopic (exact) mass is 260 g/mol. The van der Waals surface area contributed by atoms with Gasteiger partial charge in [-0.15, -0.1) is 0 Å². The second kappa shape index (κ2) is 6.53. The third kappa shape index (κ3) is 3.67. The molecular formula is C16H21FN2. The van der Waals surface area contributed by atoms with E-state index in [0.717, 1.165) is 25.1 Å². The van der Waals surface area contributed by atoms with Crippen molar-refractivity contribution in [2.45, 2.75) is 39.4 Å². The molecule has 2 nitrogen and oxygen atoms in total. The van der Waals surface area contributed by atoms with Gasteiger partial charge in [-0.05, 0) is 43.2 Å². The molecule has 19 heavy (non-hydrogen) atoms. The third-order valence-corrected chi connectivity index (χ3v) is 3.33. The molecule has 1 N–H and O–H groups in total. The van der Waals surface area contributed by atoms with Crippen LogP contribution in [-0.4, -0.2) is 4.57 Å². The van der Waals surface area contributed by atoms with Gasteiger partial charge in [0.05, 0.1) is 0 Å². The standard InChI is InChI=1S/C16H21FN2/c1-3-9-19-10-5-8-16(19)12-18-13(2)14-6-4-7-15(17)11-14/h4-8,10-11,13,18H,3,9,12H2,1-2H3/t13-/m0/s1. The molecule has 1 heterocycles. The van der Waals surface area contributed by atoms with E-state index < -0.39 is 0 Å². The fraction of sp³-hybridized carbons (Fsp3) is 0.375. The van der Waals surface area contributed by atoms with Crippen molar-refractivity contribution in [2.75, 3.05) is 0 Å². The van der Waals surface area contributed by atoms with Crippen molar-refractivity contribution in [3.05, 3.63) is 59.7 Å². The highest BCUT2D eigenvalue weighted by Gasteiger charge is 2.07. The largest absolute Gasteiger partial charge is 0.350 e. The summed E-state index contributed by atoms with van der Waals surface area (Å²) in [6.45, 7) is 6.07. The van der Waals surface area contributed by atoms with Crippen molar-refractivity contribution in [1.82, 2.24) is 9.88 Å². The van der Waals surface area contributed by atoms with E-state index in [1.54, 1.807) is 12.1 Å². The average Bonchev–Trinajstić information content (AvgIpc) is 2.84. The van der Waals surface area contributed by atoms with Gasteiger partial charge in [0.25, 0.3) is 0 Å². The Kier molecular flexibility index (Phi) is 4.74. The van der Waals surface area contributed by atoms with Gasteiger partial charge in [-0.25, -0.2) is 4.39 Å². The van der Waals surface area contributed by atoms with Crippen molar-refractivity contribution < 1.29 is 4.39 Å². The lowest BCUT2D eigenvalue weighted by Crippen LogP contribution is -2.20. The Balaban J connectivity index is 1.96. The summed E-state index contributed by atoms with van der Waals surface area (Å²) in [7, 11) is 0. The molecule has 1 aromatic carbocycles. The van der Waals surface area contributed by atoms with Gasteiger partial charge in [0, 0.05) is 31.0 Å². The minimum absolute atomic E-state index is 0.140. The number of rotatable bonds is 6. The van der Waals surface area contributed by atoms with Crippen LogP contribution in [0.15, 0.2) is 42.6 Å². The molecule has 0 spiro atoms. The molecule has 102 valence electrons. The van der Waals surface area contributed by atoms with E-state index in [1.165, 1.54) is 11.8 Å². The summed E-state index contributed by atoms with van der Waals surface area (Å²) in [4.78, 5) is 0. The number of aromatic nitrogens is 1. The van der Waals surface area contributed by atoms with Crippen LogP contribution in [0.1, 0.15) is 37.6 Å². The van der Waals surface area contributed by atoms with Crippen molar-refractivity contribution in [1.29, 1.82) is 0 Å². The lowest BCUT2D eigenvalue weighted by molar-refractivity contribution is 0.537. The molecule has 0 radical (unpaired) electrons. The molecule has 0 aliphatic heterocycles. The van der Waals surface area contributed by atoms with Crippen LogP contribution in [0.3, 0.4) is 0 Å². The smallest absolute Gasteiger partial charge is 0.123 e. The molecule has 0 amide bonds. The van der Waals surface area contributed by atoms with Gasteiger partial charge in [-0.2, -0.15) is 0 Å². The van der Waals surface area contributed by atoms with Crippen molar-refractivity contribution in [3.8, 4) is 0 Å². The first-order valence-electron chi connectivity index (χ1n) is 6.83. The summed E-state index contributed by atoms with van der Waals surface area (Å²) >= 11 is 0. The van der Waals surface area contributed by atoms with Gasteiger partial charge in [0.15, 0.2) is 0 Å². The van der Waals surface area contributed by atoms with Crippen molar-refractivity contribution >= 4 is 0 Å². The first-order chi connectivity index (χ1) is 9.20. The minimum atomic E-state index is -0.180. The van der Waals surface area contributed by atoms with Crippen LogP contribution in [0.5, 0.6) is 0 Å². The summed E-state index contributed by atoms with van der Waals surface area (Å²) < 4.78 is 15.4. The van der Waals surface area contributed by atoms with Gasteiger partial charge >= 0.3 is 0 Å². The van der Waals surface area contributed by atoms with Crippen LogP contribution in [0.25, 0.3) is 0 Å². The zero-order chi connectivity index (χ0) is 13.7. The highest BCUT2D eigenvalue weighted by molar-refractivity contribution is 5.19. The SMILES string of the molecule is CCCn1cccc1CN[C@@H](C)c1cccc(F)c1. The van der Waals surface area contributed by atoms with Crippen LogP contribution >= 0.6 is 0 Å². The van der Waals surface area contributed by atoms with E-state index >= 15 is 0 Å². The second-order valence-electron chi connectivity index (χ2n) is 4.85. The Hall–Kier alpha value is -1.61. The molecule has 1 aromatic heterocycles. The van der Waals surface area contributed by atoms with E-state index in [-0.39, 0.29) is 11.9 Å². The number of hydrogen-bond acceptors (Lipinski definition) is 1. The molecule has 0 fully saturated rings. The van der Waals surface area contributed by atoms with E-state index in [4.69, 9.17) is 0 Å². The average molecular weight is 260 g/mol. The first-order valence-corrected chi connectivity index (χ1v) is 6.83. The lowest BCUT2D eigenvalue weighted by atomic mass is 10.1. The predicted molar refractivity (Wildman–Crippen MR) is 76.4 cm³/mol. The molecule has 3 heteroatoms. The molecule has 2 rings (SSSR count). The van der Waals surface area contributed by atoms with E-state index in [1.807, 2.05) is 6.07 Å². The maximum absolute atomic E-state index is 13.2. The summed E-state index contributed by atoms with van der Waals surface area (Å²) in [5.74, 6) is -0.180.